The fourth-order valence-electron chi connectivity index (χ4n) is 16.4. The molecule has 436 valence electrons. The molecule has 4 heterocycles. The number of aliphatic hydroxyl groups is 13. The Morgan fingerprint density at radius 1 is 0.579 bits per heavy atom. The molecule has 5 aliphatic carbocycles. The van der Waals surface area contributed by atoms with Crippen LogP contribution < -0.4 is 0 Å². The monoisotopic (exact) mass is 1090 g/mol. The van der Waals surface area contributed by atoms with E-state index in [1.165, 1.54) is 12.5 Å². The zero-order valence-corrected chi connectivity index (χ0v) is 45.1. The average molecular weight is 1090 g/mol. The molecule has 76 heavy (non-hydrogen) atoms. The third-order valence-corrected chi connectivity index (χ3v) is 21.4. The molecule has 0 amide bonds. The second-order valence-corrected chi connectivity index (χ2v) is 26.3. The van der Waals surface area contributed by atoms with Crippen LogP contribution in [0.25, 0.3) is 0 Å². The van der Waals surface area contributed by atoms with Crippen LogP contribution >= 0.6 is 0 Å². The van der Waals surface area contributed by atoms with E-state index in [0.717, 1.165) is 38.5 Å². The molecule has 4 aliphatic heterocycles. The Bertz CT molecular complexity index is 2090. The van der Waals surface area contributed by atoms with E-state index in [2.05, 4.69) is 54.5 Å². The highest BCUT2D eigenvalue weighted by Gasteiger charge is 2.70. The van der Waals surface area contributed by atoms with E-state index in [1.54, 1.807) is 0 Å². The van der Waals surface area contributed by atoms with Crippen molar-refractivity contribution in [3.05, 3.63) is 11.6 Å². The van der Waals surface area contributed by atoms with Gasteiger partial charge in [0.05, 0.1) is 37.4 Å². The summed E-state index contributed by atoms with van der Waals surface area (Å²) >= 11 is 0. The van der Waals surface area contributed by atoms with Crippen molar-refractivity contribution < 1.29 is 109 Å². The largest absolute Gasteiger partial charge is 0.432 e. The first kappa shape index (κ1) is 59.0. The normalized spacial score (nSPS) is 54.0. The van der Waals surface area contributed by atoms with Crippen LogP contribution in [0, 0.1) is 50.2 Å². The van der Waals surface area contributed by atoms with Crippen molar-refractivity contribution in [2.45, 2.75) is 249 Å². The van der Waals surface area contributed by atoms with Crippen molar-refractivity contribution in [2.24, 2.45) is 50.2 Å². The third-order valence-electron chi connectivity index (χ3n) is 21.4. The van der Waals surface area contributed by atoms with E-state index in [9.17, 15) is 71.2 Å². The lowest BCUT2D eigenvalue weighted by atomic mass is 9.33. The summed E-state index contributed by atoms with van der Waals surface area (Å²) < 4.78 is 48.3. The minimum atomic E-state index is -1.79. The maximum absolute atomic E-state index is 14.8. The fourth-order valence-corrected chi connectivity index (χ4v) is 16.4. The molecule has 22 nitrogen and oxygen atoms in total. The van der Waals surface area contributed by atoms with Gasteiger partial charge in [-0.3, -0.25) is 4.79 Å². The van der Waals surface area contributed by atoms with Crippen LogP contribution in [0.1, 0.15) is 120 Å². The summed E-state index contributed by atoms with van der Waals surface area (Å²) in [4.78, 5) is 14.8. The summed E-state index contributed by atoms with van der Waals surface area (Å²) in [5.41, 5.74) is -1.08. The molecule has 0 aromatic carbocycles. The van der Waals surface area contributed by atoms with Crippen LogP contribution in [0.4, 0.5) is 0 Å². The molecule has 4 saturated heterocycles. The van der Waals surface area contributed by atoms with Gasteiger partial charge in [-0.2, -0.15) is 0 Å². The number of fused-ring (bicyclic) bond motifs is 7. The predicted octanol–water partition coefficient (Wildman–Crippen LogP) is -1.01. The molecule has 0 bridgehead atoms. The number of ether oxygens (including phenoxy) is 8. The van der Waals surface area contributed by atoms with Gasteiger partial charge < -0.3 is 104 Å². The van der Waals surface area contributed by atoms with Gasteiger partial charge in [-0.1, -0.05) is 60.1 Å². The Balaban J connectivity index is 0.964. The van der Waals surface area contributed by atoms with E-state index in [4.69, 9.17) is 37.9 Å². The molecule has 0 aromatic heterocycles. The minimum absolute atomic E-state index is 0.0879. The first-order valence-electron chi connectivity index (χ1n) is 27.7. The number of allylic oxidation sites excluding steroid dienone is 2. The lowest BCUT2D eigenvalue weighted by Gasteiger charge is -2.71. The number of hydrogen-bond donors (Lipinski definition) is 13. The summed E-state index contributed by atoms with van der Waals surface area (Å²) in [6.07, 6.45) is -22.3. The standard InChI is InChI=1S/C54H88O22/c1-23-32(57)36(61)41(66)45(70-23)75-43-39(64)35(60)28(22-69-44-40(65)37(62)33(58)26(20-55)71-44)73-47(43)74-31-12-13-51(6)29(50(31,4)5)11-14-53(8)30(51)10-9-24-25-19-49(2,3)15-17-54(25,18-16-52(24,53)7)48(68)76-46-42(67)38(63)34(59)27(21-56)72-46/h9,23,25-47,55-67H,10-22H2,1-8H3/t23-,25+,26-,27-,28-,29+,30-,31+,32-,33-,34-,35-,36+,37+,38+,39+,40-,41+,42-,43-,44-,45-,46+,47+,51+,52-,53-,54+/m1/s1. The average Bonchev–Trinajstić information content (AvgIpc) is 3.56. The molecule has 28 atom stereocenters. The summed E-state index contributed by atoms with van der Waals surface area (Å²) in [6, 6.07) is 0. The van der Waals surface area contributed by atoms with Crippen LogP contribution in [0.5, 0.6) is 0 Å². The Kier molecular flexibility index (Phi) is 16.6. The molecule has 22 heteroatoms. The van der Waals surface area contributed by atoms with Crippen molar-refractivity contribution in [2.75, 3.05) is 19.8 Å². The van der Waals surface area contributed by atoms with Gasteiger partial charge in [0.1, 0.15) is 91.6 Å². The summed E-state index contributed by atoms with van der Waals surface area (Å²) in [7, 11) is 0. The highest BCUT2D eigenvalue weighted by atomic mass is 16.8. The Morgan fingerprint density at radius 3 is 1.79 bits per heavy atom. The number of esters is 1. The summed E-state index contributed by atoms with van der Waals surface area (Å²) in [6.45, 7) is 15.5. The van der Waals surface area contributed by atoms with Gasteiger partial charge in [0.15, 0.2) is 18.9 Å². The maximum atomic E-state index is 14.8. The van der Waals surface area contributed by atoms with Crippen molar-refractivity contribution in [3.63, 3.8) is 0 Å². The first-order chi connectivity index (χ1) is 35.5. The van der Waals surface area contributed by atoms with E-state index in [0.29, 0.717) is 25.7 Å². The summed E-state index contributed by atoms with van der Waals surface area (Å²) in [5.74, 6) is -0.403. The zero-order valence-electron chi connectivity index (χ0n) is 45.1. The topological polar surface area (TPSA) is 354 Å². The lowest BCUT2D eigenvalue weighted by molar-refractivity contribution is -0.381. The number of hydrogen-bond acceptors (Lipinski definition) is 22. The number of rotatable bonds is 11. The van der Waals surface area contributed by atoms with Gasteiger partial charge in [-0.25, -0.2) is 0 Å². The van der Waals surface area contributed by atoms with Crippen LogP contribution in [-0.4, -0.2) is 221 Å². The van der Waals surface area contributed by atoms with Gasteiger partial charge in [-0.15, -0.1) is 0 Å². The molecule has 0 spiro atoms. The minimum Gasteiger partial charge on any atom is -0.432 e. The van der Waals surface area contributed by atoms with Gasteiger partial charge in [-0.05, 0) is 116 Å². The highest BCUT2D eigenvalue weighted by Crippen LogP contribution is 2.76. The van der Waals surface area contributed by atoms with Gasteiger partial charge in [0.2, 0.25) is 6.29 Å². The fraction of sp³-hybridized carbons (Fsp3) is 0.944. The third kappa shape index (κ3) is 9.57. The van der Waals surface area contributed by atoms with Gasteiger partial charge in [0, 0.05) is 0 Å². The van der Waals surface area contributed by atoms with Crippen LogP contribution in [0.15, 0.2) is 11.6 Å². The smallest absolute Gasteiger partial charge is 0.315 e. The highest BCUT2D eigenvalue weighted by molar-refractivity contribution is 5.79. The quantitative estimate of drug-likeness (QED) is 0.0670. The molecule has 0 radical (unpaired) electrons. The molecule has 0 unspecified atom stereocenters. The summed E-state index contributed by atoms with van der Waals surface area (Å²) in [5, 5.41) is 138. The van der Waals surface area contributed by atoms with E-state index >= 15 is 0 Å². The molecule has 13 N–H and O–H groups in total. The molecular formula is C54H88O22. The van der Waals surface area contributed by atoms with Gasteiger partial charge in [0.25, 0.3) is 0 Å². The number of aliphatic hydroxyl groups excluding tert-OH is 13. The molecule has 9 rings (SSSR count). The Morgan fingerprint density at radius 2 is 1.14 bits per heavy atom. The van der Waals surface area contributed by atoms with Crippen molar-refractivity contribution >= 4 is 5.97 Å². The molecule has 4 saturated carbocycles. The van der Waals surface area contributed by atoms with Crippen molar-refractivity contribution in [1.29, 1.82) is 0 Å². The molecule has 8 fully saturated rings. The van der Waals surface area contributed by atoms with E-state index < -0.39 is 166 Å². The molecule has 0 aromatic rings. The Hall–Kier alpha value is -1.59. The van der Waals surface area contributed by atoms with E-state index in [1.807, 2.05) is 0 Å². The second kappa shape index (κ2) is 21.3. The molecular weight excluding hydrogens is 1000 g/mol. The Labute approximate surface area is 444 Å². The SMILES string of the molecule is C[C@H]1O[C@H](O[C@H]2[C@H](O[C@H]3CC[C@]4(C)[C@H]5CC=C6[C@@H]7CC(C)(C)CC[C@]7(C(=O)O[C@@H]7O[C@H](CO)[C@@H](O)[C@H](O)[C@H]7O)CC[C@@]6(C)[C@]5(C)CC[C@H]4C3(C)C)O[C@H](CO[C@@H]3O[C@H](CO)[C@@H](O)[C@H](O)[C@H]3O)[C@@H](O)[C@@H]2O)[C@@H](O)[C@@H](O)[C@@H]1O. The maximum Gasteiger partial charge on any atom is 0.315 e. The number of carbonyl (C=O) groups excluding carboxylic acids is 1. The van der Waals surface area contributed by atoms with Crippen LogP contribution in [-0.2, 0) is 42.7 Å². The van der Waals surface area contributed by atoms with Crippen molar-refractivity contribution in [1.82, 2.24) is 0 Å². The van der Waals surface area contributed by atoms with Crippen molar-refractivity contribution in [3.8, 4) is 0 Å². The number of carbonyl (C=O) groups is 1. The zero-order chi connectivity index (χ0) is 55.6. The second-order valence-electron chi connectivity index (χ2n) is 26.3. The van der Waals surface area contributed by atoms with Crippen LogP contribution in [0.3, 0.4) is 0 Å². The first-order valence-corrected chi connectivity index (χ1v) is 27.7. The lowest BCUT2D eigenvalue weighted by Crippen LogP contribution is -2.67. The van der Waals surface area contributed by atoms with Crippen LogP contribution in [0.2, 0.25) is 0 Å². The predicted molar refractivity (Wildman–Crippen MR) is 261 cm³/mol. The van der Waals surface area contributed by atoms with Gasteiger partial charge >= 0.3 is 5.97 Å². The molecule has 9 aliphatic rings. The van der Waals surface area contributed by atoms with E-state index in [-0.39, 0.29) is 39.4 Å².